The molecule has 0 radical (unpaired) electrons. The van der Waals surface area contributed by atoms with Gasteiger partial charge in [0, 0.05) is 0 Å². The van der Waals surface area contributed by atoms with Gasteiger partial charge in [-0.2, -0.15) is 0 Å². The molecule has 0 bridgehead atoms. The molecule has 1 aromatic carbocycles. The molecule has 4 heteroatoms. The van der Waals surface area contributed by atoms with Crippen LogP contribution in [0, 0.1) is 5.92 Å². The van der Waals surface area contributed by atoms with E-state index in [4.69, 9.17) is 14.6 Å². The van der Waals surface area contributed by atoms with Crippen molar-refractivity contribution in [2.24, 2.45) is 5.92 Å². The molecule has 1 saturated carbocycles. The molecule has 3 rings (SSSR count). The van der Waals surface area contributed by atoms with E-state index in [2.05, 4.69) is 0 Å². The van der Waals surface area contributed by atoms with Crippen molar-refractivity contribution < 1.29 is 19.4 Å². The van der Waals surface area contributed by atoms with Gasteiger partial charge >= 0.3 is 5.97 Å². The lowest BCUT2D eigenvalue weighted by atomic mass is 9.82. The molecule has 1 unspecified atom stereocenters. The second kappa shape index (κ2) is 5.11. The number of carboxylic acid groups (broad SMARTS) is 1. The Morgan fingerprint density at radius 1 is 1.26 bits per heavy atom. The third-order valence-corrected chi connectivity index (χ3v) is 4.19. The summed E-state index contributed by atoms with van der Waals surface area (Å²) in [5, 5.41) is 9.14. The zero-order valence-corrected chi connectivity index (χ0v) is 10.8. The highest BCUT2D eigenvalue weighted by Gasteiger charge is 2.29. The lowest BCUT2D eigenvalue weighted by molar-refractivity contribution is -0.137. The molecule has 0 aromatic heterocycles. The van der Waals surface area contributed by atoms with Crippen LogP contribution in [0.3, 0.4) is 0 Å². The zero-order valence-electron chi connectivity index (χ0n) is 10.8. The Bertz CT molecular complexity index is 477. The van der Waals surface area contributed by atoms with E-state index in [1.807, 2.05) is 18.2 Å². The summed E-state index contributed by atoms with van der Waals surface area (Å²) in [6.07, 6.45) is 4.89. The van der Waals surface area contributed by atoms with Crippen LogP contribution in [0.1, 0.15) is 43.6 Å². The van der Waals surface area contributed by atoms with Crippen molar-refractivity contribution in [1.82, 2.24) is 0 Å². The zero-order chi connectivity index (χ0) is 13.2. The van der Waals surface area contributed by atoms with Gasteiger partial charge in [-0.3, -0.25) is 4.79 Å². The van der Waals surface area contributed by atoms with Crippen molar-refractivity contribution in [2.75, 3.05) is 6.79 Å². The average molecular weight is 262 g/mol. The highest BCUT2D eigenvalue weighted by molar-refractivity contribution is 5.68. The molecule has 0 saturated heterocycles. The quantitative estimate of drug-likeness (QED) is 0.905. The van der Waals surface area contributed by atoms with Crippen LogP contribution in [0.15, 0.2) is 18.2 Å². The minimum Gasteiger partial charge on any atom is -0.481 e. The van der Waals surface area contributed by atoms with E-state index in [9.17, 15) is 4.79 Å². The molecule has 0 spiro atoms. The van der Waals surface area contributed by atoms with Gasteiger partial charge in [0.05, 0.1) is 6.42 Å². The van der Waals surface area contributed by atoms with Crippen LogP contribution in [0.5, 0.6) is 11.5 Å². The lowest BCUT2D eigenvalue weighted by Gasteiger charge is -2.22. The summed E-state index contributed by atoms with van der Waals surface area (Å²) in [6, 6.07) is 5.83. The minimum absolute atomic E-state index is 0.0921. The van der Waals surface area contributed by atoms with Crippen LogP contribution in [-0.4, -0.2) is 17.9 Å². The van der Waals surface area contributed by atoms with Crippen molar-refractivity contribution in [2.45, 2.75) is 38.0 Å². The second-order valence-electron chi connectivity index (χ2n) is 5.36. The smallest absolute Gasteiger partial charge is 0.303 e. The number of ether oxygens (including phenoxy) is 2. The van der Waals surface area contributed by atoms with E-state index in [0.29, 0.717) is 5.92 Å². The van der Waals surface area contributed by atoms with Crippen molar-refractivity contribution in [3.8, 4) is 11.5 Å². The van der Waals surface area contributed by atoms with E-state index < -0.39 is 5.97 Å². The highest BCUT2D eigenvalue weighted by atomic mass is 16.7. The predicted molar refractivity (Wildman–Crippen MR) is 69.5 cm³/mol. The van der Waals surface area contributed by atoms with Crippen molar-refractivity contribution in [1.29, 1.82) is 0 Å². The summed E-state index contributed by atoms with van der Waals surface area (Å²) >= 11 is 0. The first kappa shape index (κ1) is 12.3. The van der Waals surface area contributed by atoms with Crippen molar-refractivity contribution in [3.63, 3.8) is 0 Å². The summed E-state index contributed by atoms with van der Waals surface area (Å²) in [6.45, 7) is 0.256. The van der Waals surface area contributed by atoms with Crippen LogP contribution in [0.25, 0.3) is 0 Å². The number of carboxylic acids is 1. The van der Waals surface area contributed by atoms with Gasteiger partial charge in [0.2, 0.25) is 6.79 Å². The average Bonchev–Trinajstić information content (AvgIpc) is 3.06. The molecule has 1 atom stereocenters. The first-order chi connectivity index (χ1) is 9.24. The Kier molecular flexibility index (Phi) is 3.32. The van der Waals surface area contributed by atoms with E-state index in [-0.39, 0.29) is 19.1 Å². The lowest BCUT2D eigenvalue weighted by Crippen LogP contribution is -2.14. The molecule has 1 heterocycles. The van der Waals surface area contributed by atoms with Crippen LogP contribution >= 0.6 is 0 Å². The predicted octanol–water partition coefficient (Wildman–Crippen LogP) is 3.16. The molecule has 2 aliphatic rings. The molecule has 19 heavy (non-hydrogen) atoms. The van der Waals surface area contributed by atoms with Gasteiger partial charge < -0.3 is 14.6 Å². The molecular weight excluding hydrogens is 244 g/mol. The number of aliphatic carboxylic acids is 1. The Morgan fingerprint density at radius 2 is 2.00 bits per heavy atom. The number of carbonyl (C=O) groups is 1. The van der Waals surface area contributed by atoms with E-state index in [0.717, 1.165) is 29.9 Å². The maximum Gasteiger partial charge on any atom is 0.303 e. The Morgan fingerprint density at radius 3 is 2.74 bits per heavy atom. The van der Waals surface area contributed by atoms with Gasteiger partial charge in [0.25, 0.3) is 0 Å². The number of benzene rings is 1. The van der Waals surface area contributed by atoms with Gasteiger partial charge in [0.1, 0.15) is 0 Å². The van der Waals surface area contributed by atoms with Gasteiger partial charge in [-0.25, -0.2) is 0 Å². The monoisotopic (exact) mass is 262 g/mol. The summed E-state index contributed by atoms with van der Waals surface area (Å²) in [5.74, 6) is 1.34. The first-order valence-electron chi connectivity index (χ1n) is 6.85. The standard InChI is InChI=1S/C15H18O4/c16-15(17)8-12(10-3-1-2-4-10)11-5-6-13-14(7-11)19-9-18-13/h5-7,10,12H,1-4,8-9H2,(H,16,17). The second-order valence-corrected chi connectivity index (χ2v) is 5.36. The summed E-state index contributed by atoms with van der Waals surface area (Å²) in [4.78, 5) is 11.1. The van der Waals surface area contributed by atoms with Crippen LogP contribution < -0.4 is 9.47 Å². The molecule has 4 nitrogen and oxygen atoms in total. The molecule has 1 fully saturated rings. The van der Waals surface area contributed by atoms with Crippen LogP contribution in [0.2, 0.25) is 0 Å². The third-order valence-electron chi connectivity index (χ3n) is 4.19. The molecule has 1 aliphatic heterocycles. The fraction of sp³-hybridized carbons (Fsp3) is 0.533. The van der Waals surface area contributed by atoms with Crippen molar-refractivity contribution >= 4 is 5.97 Å². The fourth-order valence-corrected chi connectivity index (χ4v) is 3.25. The number of hydrogen-bond donors (Lipinski definition) is 1. The van der Waals surface area contributed by atoms with Crippen LogP contribution in [-0.2, 0) is 4.79 Å². The number of hydrogen-bond acceptors (Lipinski definition) is 3. The molecule has 102 valence electrons. The highest BCUT2D eigenvalue weighted by Crippen LogP contribution is 2.42. The van der Waals surface area contributed by atoms with Gasteiger partial charge in [-0.1, -0.05) is 18.9 Å². The number of fused-ring (bicyclic) bond motifs is 1. The fourth-order valence-electron chi connectivity index (χ4n) is 3.25. The first-order valence-corrected chi connectivity index (χ1v) is 6.85. The van der Waals surface area contributed by atoms with E-state index in [1.165, 1.54) is 12.8 Å². The molecule has 0 amide bonds. The third kappa shape index (κ3) is 2.53. The Hall–Kier alpha value is -1.71. The Balaban J connectivity index is 1.87. The van der Waals surface area contributed by atoms with Crippen LogP contribution in [0.4, 0.5) is 0 Å². The van der Waals surface area contributed by atoms with Gasteiger partial charge in [-0.05, 0) is 42.4 Å². The van der Waals surface area contributed by atoms with E-state index in [1.54, 1.807) is 0 Å². The maximum absolute atomic E-state index is 11.1. The maximum atomic E-state index is 11.1. The largest absolute Gasteiger partial charge is 0.481 e. The summed E-state index contributed by atoms with van der Waals surface area (Å²) in [5.41, 5.74) is 1.07. The normalized spacial score (nSPS) is 19.6. The molecule has 1 aromatic rings. The van der Waals surface area contributed by atoms with E-state index >= 15 is 0 Å². The minimum atomic E-state index is -0.727. The Labute approximate surface area is 112 Å². The SMILES string of the molecule is O=C(O)CC(c1ccc2c(c1)OCO2)C1CCCC1. The topological polar surface area (TPSA) is 55.8 Å². The van der Waals surface area contributed by atoms with Gasteiger partial charge in [-0.15, -0.1) is 0 Å². The van der Waals surface area contributed by atoms with Gasteiger partial charge in [0.15, 0.2) is 11.5 Å². The summed E-state index contributed by atoms with van der Waals surface area (Å²) < 4.78 is 10.7. The molecule has 1 aliphatic carbocycles. The number of rotatable bonds is 4. The molecular formula is C15H18O4. The summed E-state index contributed by atoms with van der Waals surface area (Å²) in [7, 11) is 0. The molecule has 1 N–H and O–H groups in total. The van der Waals surface area contributed by atoms with Crippen molar-refractivity contribution in [3.05, 3.63) is 23.8 Å².